The van der Waals surface area contributed by atoms with Crippen LogP contribution >= 0.6 is 0 Å². The second-order valence-corrected chi connectivity index (χ2v) is 4.03. The Labute approximate surface area is 123 Å². The number of aromatic amines is 1. The van der Waals surface area contributed by atoms with Gasteiger partial charge in [0.2, 0.25) is 5.82 Å². The fourth-order valence-corrected chi connectivity index (χ4v) is 1.61. The smallest absolute Gasteiger partial charge is 0.478 e. The molecule has 1 heterocycles. The number of nitriles is 1. The molecular weight excluding hydrogens is 291 g/mol. The number of H-pyrrole nitrogens is 1. The highest BCUT2D eigenvalue weighted by Crippen LogP contribution is 2.12. The van der Waals surface area contributed by atoms with Gasteiger partial charge >= 0.3 is 13.1 Å². The average molecular weight is 300 g/mol. The van der Waals surface area contributed by atoms with E-state index in [1.807, 2.05) is 6.07 Å². The molecule has 110 valence electrons. The number of benzene rings is 1. The highest BCUT2D eigenvalue weighted by Gasteiger charge is 2.18. The number of nitrogens with one attached hydrogen (secondary N) is 2. The number of hydrogen-bond acceptors (Lipinski definition) is 8. The van der Waals surface area contributed by atoms with Crippen LogP contribution in [0.1, 0.15) is 16.2 Å². The van der Waals surface area contributed by atoms with E-state index in [9.17, 15) is 14.8 Å². The third-order valence-corrected chi connectivity index (χ3v) is 2.66. The Hall–Kier alpha value is -3.23. The van der Waals surface area contributed by atoms with E-state index in [-0.39, 0.29) is 28.1 Å². The minimum atomic E-state index is -1.81. The summed E-state index contributed by atoms with van der Waals surface area (Å²) >= 11 is 0. The lowest BCUT2D eigenvalue weighted by molar-refractivity contribution is 0.0697. The number of rotatable bonds is 5. The average Bonchev–Trinajstić information content (AvgIpc) is 3.01. The number of aromatic carboxylic acids is 1. The Kier molecular flexibility index (Phi) is 4.47. The molecule has 1 aromatic carbocycles. The zero-order valence-corrected chi connectivity index (χ0v) is 10.9. The molecule has 0 amide bonds. The first kappa shape index (κ1) is 15.2. The van der Waals surface area contributed by atoms with Crippen molar-refractivity contribution in [1.82, 2.24) is 20.6 Å². The van der Waals surface area contributed by atoms with E-state index in [0.717, 1.165) is 0 Å². The molecule has 0 aliphatic carbocycles. The molecule has 11 heteroatoms. The molecule has 0 radical (unpaired) electrons. The summed E-state index contributed by atoms with van der Waals surface area (Å²) in [7, 11) is -1.81. The van der Waals surface area contributed by atoms with Gasteiger partial charge in [-0.1, -0.05) is 6.07 Å². The van der Waals surface area contributed by atoms with Gasteiger partial charge in [-0.25, -0.2) is 4.79 Å². The Morgan fingerprint density at radius 2 is 2.23 bits per heavy atom. The van der Waals surface area contributed by atoms with Gasteiger partial charge in [0.05, 0.1) is 5.56 Å². The summed E-state index contributed by atoms with van der Waals surface area (Å²) in [5.74, 6) is -1.14. The zero-order valence-electron chi connectivity index (χ0n) is 10.9. The van der Waals surface area contributed by atoms with Crippen LogP contribution in [-0.4, -0.2) is 48.9 Å². The first-order valence-electron chi connectivity index (χ1n) is 5.87. The summed E-state index contributed by atoms with van der Waals surface area (Å²) in [5, 5.41) is 52.0. The van der Waals surface area contributed by atoms with Crippen molar-refractivity contribution in [3.63, 3.8) is 0 Å². The molecule has 0 saturated heterocycles. The fraction of sp³-hybridized carbons (Fsp3) is 0. The molecule has 2 rings (SSSR count). The fourth-order valence-electron chi connectivity index (χ4n) is 1.61. The standard InChI is InChI=1S/C11H9BN6O4/c13-4-7(10-15-17-18-16-10)5-14-9-3-6(11(19)20)1-2-8(9)12(21)22/h1-3,5,14,21-22H,(H,19,20)(H,15,16,17,18). The SMILES string of the molecule is N#CC(=CNc1cc(C(=O)O)ccc1B(O)O)c1nn[nH]n1. The van der Waals surface area contributed by atoms with E-state index < -0.39 is 13.1 Å². The largest absolute Gasteiger partial charge is 0.490 e. The topological polar surface area (TPSA) is 168 Å². The van der Waals surface area contributed by atoms with Crippen molar-refractivity contribution >= 4 is 29.8 Å². The molecule has 0 unspecified atom stereocenters. The number of carbonyl (C=O) groups is 1. The summed E-state index contributed by atoms with van der Waals surface area (Å²) in [6, 6.07) is 5.53. The number of tetrazole rings is 1. The minimum absolute atomic E-state index is 0.0212. The van der Waals surface area contributed by atoms with Crippen molar-refractivity contribution in [1.29, 1.82) is 5.26 Å². The number of hydrogen-bond donors (Lipinski definition) is 5. The predicted octanol–water partition coefficient (Wildman–Crippen LogP) is -1.45. The molecule has 0 bridgehead atoms. The van der Waals surface area contributed by atoms with Gasteiger partial charge in [-0.2, -0.15) is 10.5 Å². The van der Waals surface area contributed by atoms with Gasteiger partial charge < -0.3 is 20.5 Å². The van der Waals surface area contributed by atoms with Crippen LogP contribution in [-0.2, 0) is 0 Å². The van der Waals surface area contributed by atoms with E-state index in [2.05, 4.69) is 25.9 Å². The highest BCUT2D eigenvalue weighted by molar-refractivity contribution is 6.60. The first-order chi connectivity index (χ1) is 10.5. The third kappa shape index (κ3) is 3.26. The van der Waals surface area contributed by atoms with Gasteiger partial charge in [-0.3, -0.25) is 0 Å². The van der Waals surface area contributed by atoms with E-state index in [0.29, 0.717) is 0 Å². The van der Waals surface area contributed by atoms with Gasteiger partial charge in [0.15, 0.2) is 0 Å². The molecule has 0 spiro atoms. The highest BCUT2D eigenvalue weighted by atomic mass is 16.4. The number of aromatic nitrogens is 4. The molecule has 0 saturated carbocycles. The maximum Gasteiger partial charge on any atom is 0.490 e. The molecule has 0 aliphatic rings. The summed E-state index contributed by atoms with van der Waals surface area (Å²) in [6.45, 7) is 0. The Morgan fingerprint density at radius 1 is 1.45 bits per heavy atom. The van der Waals surface area contributed by atoms with Crippen molar-refractivity contribution in [3.05, 3.63) is 35.8 Å². The van der Waals surface area contributed by atoms with Gasteiger partial charge in [0, 0.05) is 17.4 Å². The molecule has 0 aliphatic heterocycles. The monoisotopic (exact) mass is 300 g/mol. The molecule has 0 atom stereocenters. The molecular formula is C11H9BN6O4. The van der Waals surface area contributed by atoms with Crippen LogP contribution in [0.15, 0.2) is 24.4 Å². The summed E-state index contributed by atoms with van der Waals surface area (Å²) < 4.78 is 0. The molecule has 1 aromatic heterocycles. The Morgan fingerprint density at radius 3 is 2.77 bits per heavy atom. The number of carboxylic acid groups (broad SMARTS) is 1. The minimum Gasteiger partial charge on any atom is -0.478 e. The molecule has 5 N–H and O–H groups in total. The van der Waals surface area contributed by atoms with Gasteiger partial charge in [0.1, 0.15) is 11.6 Å². The summed E-state index contributed by atoms with van der Waals surface area (Å²) in [6.07, 6.45) is 1.21. The van der Waals surface area contributed by atoms with Crippen LogP contribution in [0.2, 0.25) is 0 Å². The molecule has 10 nitrogen and oxygen atoms in total. The van der Waals surface area contributed by atoms with Gasteiger partial charge in [-0.05, 0) is 17.3 Å². The van der Waals surface area contributed by atoms with Crippen LogP contribution in [0.25, 0.3) is 5.57 Å². The second kappa shape index (κ2) is 6.48. The molecule has 0 fully saturated rings. The van der Waals surface area contributed by atoms with Crippen LogP contribution in [0, 0.1) is 11.3 Å². The van der Waals surface area contributed by atoms with Crippen molar-refractivity contribution in [2.45, 2.75) is 0 Å². The van der Waals surface area contributed by atoms with Crippen LogP contribution in [0.3, 0.4) is 0 Å². The Balaban J connectivity index is 2.37. The van der Waals surface area contributed by atoms with Gasteiger partial charge in [0.25, 0.3) is 0 Å². The van der Waals surface area contributed by atoms with Crippen molar-refractivity contribution in [2.75, 3.05) is 5.32 Å². The van der Waals surface area contributed by atoms with Crippen LogP contribution < -0.4 is 10.8 Å². The lowest BCUT2D eigenvalue weighted by Gasteiger charge is -2.10. The lowest BCUT2D eigenvalue weighted by Crippen LogP contribution is -2.32. The van der Waals surface area contributed by atoms with Crippen molar-refractivity contribution < 1.29 is 19.9 Å². The first-order valence-corrected chi connectivity index (χ1v) is 5.87. The van der Waals surface area contributed by atoms with E-state index in [1.165, 1.54) is 24.4 Å². The third-order valence-electron chi connectivity index (χ3n) is 2.66. The van der Waals surface area contributed by atoms with Gasteiger partial charge in [-0.15, -0.1) is 10.2 Å². The number of nitrogens with zero attached hydrogens (tertiary/aromatic N) is 4. The van der Waals surface area contributed by atoms with E-state index in [1.54, 1.807) is 0 Å². The molecule has 2 aromatic rings. The van der Waals surface area contributed by atoms with Crippen molar-refractivity contribution in [3.8, 4) is 6.07 Å². The second-order valence-electron chi connectivity index (χ2n) is 4.03. The normalized spacial score (nSPS) is 10.9. The maximum atomic E-state index is 11.0. The van der Waals surface area contributed by atoms with E-state index >= 15 is 0 Å². The maximum absolute atomic E-state index is 11.0. The number of allylic oxidation sites excluding steroid dienone is 1. The van der Waals surface area contributed by atoms with Crippen LogP contribution in [0.4, 0.5) is 5.69 Å². The quantitative estimate of drug-likeness (QED) is 0.327. The predicted molar refractivity (Wildman–Crippen MR) is 74.6 cm³/mol. The van der Waals surface area contributed by atoms with E-state index in [4.69, 9.17) is 10.4 Å². The summed E-state index contributed by atoms with van der Waals surface area (Å²) in [5.41, 5.74) is 0.129. The zero-order chi connectivity index (χ0) is 16.1. The number of carboxylic acids is 1. The lowest BCUT2D eigenvalue weighted by atomic mass is 9.78. The van der Waals surface area contributed by atoms with Crippen LogP contribution in [0.5, 0.6) is 0 Å². The van der Waals surface area contributed by atoms with Crippen molar-refractivity contribution in [2.24, 2.45) is 0 Å². The summed E-state index contributed by atoms with van der Waals surface area (Å²) in [4.78, 5) is 11.0. The number of anilines is 1. The molecule has 22 heavy (non-hydrogen) atoms. The Bertz CT molecular complexity index is 752.